The van der Waals surface area contributed by atoms with Gasteiger partial charge >= 0.3 is 0 Å². The Morgan fingerprint density at radius 2 is 2.00 bits per heavy atom. The maximum atomic E-state index is 12.9. The smallest absolute Gasteiger partial charge is 0.160 e. The number of anilines is 1. The summed E-state index contributed by atoms with van der Waals surface area (Å²) in [5.74, 6) is -1.67. The fraction of sp³-hybridized carbons (Fsp3) is 0.0909. The van der Waals surface area contributed by atoms with Crippen molar-refractivity contribution in [2.45, 2.75) is 6.54 Å². The first kappa shape index (κ1) is 11.5. The Bertz CT molecular complexity index is 498. The molecule has 84 valence electrons. The lowest BCUT2D eigenvalue weighted by molar-refractivity contribution is 0.509. The van der Waals surface area contributed by atoms with Gasteiger partial charge in [0.2, 0.25) is 0 Å². The quantitative estimate of drug-likeness (QED) is 0.886. The van der Waals surface area contributed by atoms with Crippen LogP contribution in [0.5, 0.6) is 0 Å². The van der Waals surface area contributed by atoms with Crippen LogP contribution in [0.15, 0.2) is 34.1 Å². The Hall–Kier alpha value is -0.940. The average Bonchev–Trinajstić information content (AvgIpc) is 2.66. The van der Waals surface area contributed by atoms with Crippen LogP contribution in [0.3, 0.4) is 0 Å². The van der Waals surface area contributed by atoms with Gasteiger partial charge in [0.25, 0.3) is 0 Å². The Labute approximate surface area is 104 Å². The second kappa shape index (κ2) is 4.93. The van der Waals surface area contributed by atoms with Gasteiger partial charge < -0.3 is 5.32 Å². The van der Waals surface area contributed by atoms with Crippen molar-refractivity contribution in [2.75, 3.05) is 5.32 Å². The zero-order valence-corrected chi connectivity index (χ0v) is 10.5. The number of rotatable bonds is 3. The van der Waals surface area contributed by atoms with Crippen LogP contribution in [0.1, 0.15) is 4.88 Å². The molecule has 16 heavy (non-hydrogen) atoms. The molecule has 0 unspecified atom stereocenters. The normalized spacial score (nSPS) is 10.4. The number of thiophene rings is 1. The van der Waals surface area contributed by atoms with Gasteiger partial charge in [-0.2, -0.15) is 0 Å². The molecule has 2 aromatic rings. The van der Waals surface area contributed by atoms with Crippen LogP contribution in [-0.4, -0.2) is 0 Å². The van der Waals surface area contributed by atoms with Gasteiger partial charge in [-0.05, 0) is 34.1 Å². The van der Waals surface area contributed by atoms with Crippen LogP contribution in [0, 0.1) is 11.6 Å². The predicted octanol–water partition coefficient (Wildman–Crippen LogP) is 4.40. The molecule has 1 aromatic carbocycles. The summed E-state index contributed by atoms with van der Waals surface area (Å²) in [6.07, 6.45) is 0. The molecule has 2 rings (SSSR count). The third-order valence-electron chi connectivity index (χ3n) is 2.01. The predicted molar refractivity (Wildman–Crippen MR) is 65.7 cm³/mol. The number of hydrogen-bond donors (Lipinski definition) is 1. The highest BCUT2D eigenvalue weighted by molar-refractivity contribution is 9.10. The maximum Gasteiger partial charge on any atom is 0.160 e. The molecular weight excluding hydrogens is 296 g/mol. The summed E-state index contributed by atoms with van der Waals surface area (Å²) in [6, 6.07) is 5.76. The van der Waals surface area contributed by atoms with Crippen molar-refractivity contribution in [3.05, 3.63) is 50.6 Å². The molecular formula is C11H8BrF2NS. The van der Waals surface area contributed by atoms with Crippen molar-refractivity contribution < 1.29 is 8.78 Å². The zero-order valence-electron chi connectivity index (χ0n) is 8.14. The van der Waals surface area contributed by atoms with Gasteiger partial charge in [0.05, 0.1) is 0 Å². The van der Waals surface area contributed by atoms with Crippen LogP contribution in [0.25, 0.3) is 0 Å². The summed E-state index contributed by atoms with van der Waals surface area (Å²) in [5, 5.41) is 5.00. The van der Waals surface area contributed by atoms with E-state index in [-0.39, 0.29) is 0 Å². The van der Waals surface area contributed by atoms with E-state index in [1.165, 1.54) is 6.07 Å². The summed E-state index contributed by atoms with van der Waals surface area (Å²) in [6.45, 7) is 0.599. The molecule has 0 aliphatic rings. The molecule has 0 aliphatic carbocycles. The monoisotopic (exact) mass is 303 g/mol. The number of benzene rings is 1. The standard InChI is InChI=1S/C11H8BrF2NS/c12-7-3-9(16-6-7)5-15-8-1-2-10(13)11(14)4-8/h1-4,6,15H,5H2. The van der Waals surface area contributed by atoms with Crippen LogP contribution >= 0.6 is 27.3 Å². The largest absolute Gasteiger partial charge is 0.380 e. The summed E-state index contributed by atoms with van der Waals surface area (Å²) >= 11 is 4.95. The van der Waals surface area contributed by atoms with Gasteiger partial charge in [-0.15, -0.1) is 11.3 Å². The molecule has 1 heterocycles. The second-order valence-corrected chi connectivity index (χ2v) is 5.13. The molecule has 0 bridgehead atoms. The zero-order chi connectivity index (χ0) is 11.5. The van der Waals surface area contributed by atoms with Gasteiger partial charge in [0, 0.05) is 33.0 Å². The maximum absolute atomic E-state index is 12.9. The highest BCUT2D eigenvalue weighted by atomic mass is 79.9. The van der Waals surface area contributed by atoms with E-state index in [2.05, 4.69) is 21.2 Å². The minimum atomic E-state index is -0.836. The Morgan fingerprint density at radius 1 is 1.19 bits per heavy atom. The van der Waals surface area contributed by atoms with Crippen molar-refractivity contribution in [3.8, 4) is 0 Å². The molecule has 0 radical (unpaired) electrons. The topological polar surface area (TPSA) is 12.0 Å². The average molecular weight is 304 g/mol. The third kappa shape index (κ3) is 2.80. The highest BCUT2D eigenvalue weighted by Crippen LogP contribution is 2.21. The lowest BCUT2D eigenvalue weighted by atomic mass is 10.3. The van der Waals surface area contributed by atoms with Crippen molar-refractivity contribution >= 4 is 33.0 Å². The van der Waals surface area contributed by atoms with Gasteiger partial charge in [0.1, 0.15) is 0 Å². The SMILES string of the molecule is Fc1ccc(NCc2cc(Br)cs2)cc1F. The van der Waals surface area contributed by atoms with E-state index in [0.717, 1.165) is 21.5 Å². The van der Waals surface area contributed by atoms with Crippen molar-refractivity contribution in [1.29, 1.82) is 0 Å². The van der Waals surface area contributed by atoms with Gasteiger partial charge in [0.15, 0.2) is 11.6 Å². The molecule has 1 aromatic heterocycles. The summed E-state index contributed by atoms with van der Waals surface area (Å²) < 4.78 is 26.6. The molecule has 0 saturated heterocycles. The summed E-state index contributed by atoms with van der Waals surface area (Å²) in [4.78, 5) is 1.12. The molecule has 5 heteroatoms. The highest BCUT2D eigenvalue weighted by Gasteiger charge is 2.02. The number of halogens is 3. The lowest BCUT2D eigenvalue weighted by Gasteiger charge is -2.04. The molecule has 1 N–H and O–H groups in total. The van der Waals surface area contributed by atoms with Gasteiger partial charge in [-0.25, -0.2) is 8.78 Å². The first-order valence-corrected chi connectivity index (χ1v) is 6.24. The fourth-order valence-corrected chi connectivity index (χ4v) is 2.63. The van der Waals surface area contributed by atoms with Crippen molar-refractivity contribution in [3.63, 3.8) is 0 Å². The molecule has 0 saturated carbocycles. The lowest BCUT2D eigenvalue weighted by Crippen LogP contribution is -1.98. The minimum absolute atomic E-state index is 0.573. The Kier molecular flexibility index (Phi) is 3.56. The molecule has 0 amide bonds. The summed E-state index contributed by atoms with van der Waals surface area (Å²) in [5.41, 5.74) is 0.573. The Balaban J connectivity index is 2.02. The first-order valence-electron chi connectivity index (χ1n) is 4.57. The number of nitrogens with one attached hydrogen (secondary N) is 1. The van der Waals surface area contributed by atoms with Crippen LogP contribution in [-0.2, 0) is 6.54 Å². The molecule has 0 atom stereocenters. The molecule has 0 aliphatic heterocycles. The Morgan fingerprint density at radius 3 is 2.62 bits per heavy atom. The van der Waals surface area contributed by atoms with E-state index in [1.807, 2.05) is 11.4 Å². The number of hydrogen-bond acceptors (Lipinski definition) is 2. The van der Waals surface area contributed by atoms with Crippen LogP contribution in [0.2, 0.25) is 0 Å². The molecule has 0 spiro atoms. The van der Waals surface area contributed by atoms with E-state index in [4.69, 9.17) is 0 Å². The second-order valence-electron chi connectivity index (χ2n) is 3.21. The summed E-state index contributed by atoms with van der Waals surface area (Å²) in [7, 11) is 0. The van der Waals surface area contributed by atoms with Crippen LogP contribution < -0.4 is 5.32 Å². The van der Waals surface area contributed by atoms with Crippen LogP contribution in [0.4, 0.5) is 14.5 Å². The third-order valence-corrected chi connectivity index (χ3v) is 3.71. The minimum Gasteiger partial charge on any atom is -0.380 e. The van der Waals surface area contributed by atoms with Crippen molar-refractivity contribution in [2.24, 2.45) is 0 Å². The van der Waals surface area contributed by atoms with E-state index >= 15 is 0 Å². The van der Waals surface area contributed by atoms with Gasteiger partial charge in [-0.3, -0.25) is 0 Å². The molecule has 0 fully saturated rings. The van der Waals surface area contributed by atoms with E-state index < -0.39 is 11.6 Å². The first-order chi connectivity index (χ1) is 7.65. The fourth-order valence-electron chi connectivity index (χ4n) is 1.24. The van der Waals surface area contributed by atoms with E-state index in [1.54, 1.807) is 11.3 Å². The van der Waals surface area contributed by atoms with Crippen molar-refractivity contribution in [1.82, 2.24) is 0 Å². The van der Waals surface area contributed by atoms with E-state index in [0.29, 0.717) is 12.2 Å². The molecule has 1 nitrogen and oxygen atoms in total. The van der Waals surface area contributed by atoms with Gasteiger partial charge in [-0.1, -0.05) is 0 Å². The van der Waals surface area contributed by atoms with E-state index in [9.17, 15) is 8.78 Å².